The van der Waals surface area contributed by atoms with E-state index in [1.807, 2.05) is 37.3 Å². The van der Waals surface area contributed by atoms with Gasteiger partial charge in [-0.15, -0.1) is 0 Å². The van der Waals surface area contributed by atoms with Crippen LogP contribution < -0.4 is 5.32 Å². The number of ether oxygens (including phenoxy) is 1. The second kappa shape index (κ2) is 7.61. The third kappa shape index (κ3) is 3.64. The standard InChI is InChI=1S/C19H23N3O3/c1-13(18(25-2)17-6-4-10-22(17)12-23)19(24)21-15-7-8-16-14(11-15)5-3-9-20-16/h3,5,7-9,11-13,17-18H,4,6,10H2,1-2H3,(H,21,24). The summed E-state index contributed by atoms with van der Waals surface area (Å²) in [5.41, 5.74) is 1.61. The summed E-state index contributed by atoms with van der Waals surface area (Å²) in [7, 11) is 1.59. The monoisotopic (exact) mass is 341 g/mol. The molecule has 2 heterocycles. The number of amides is 2. The fourth-order valence-corrected chi connectivity index (χ4v) is 3.55. The van der Waals surface area contributed by atoms with Crippen LogP contribution in [-0.2, 0) is 14.3 Å². The molecule has 25 heavy (non-hydrogen) atoms. The van der Waals surface area contributed by atoms with E-state index in [-0.39, 0.29) is 24.0 Å². The molecule has 3 unspecified atom stereocenters. The first-order valence-electron chi connectivity index (χ1n) is 8.53. The summed E-state index contributed by atoms with van der Waals surface area (Å²) in [6, 6.07) is 9.40. The Morgan fingerprint density at radius 1 is 1.44 bits per heavy atom. The molecule has 2 aromatic rings. The fraction of sp³-hybridized carbons (Fsp3) is 0.421. The quantitative estimate of drug-likeness (QED) is 0.819. The van der Waals surface area contributed by atoms with Gasteiger partial charge in [-0.2, -0.15) is 0 Å². The number of fused-ring (bicyclic) bond motifs is 1. The summed E-state index contributed by atoms with van der Waals surface area (Å²) in [6.45, 7) is 2.56. The van der Waals surface area contributed by atoms with Gasteiger partial charge in [0, 0.05) is 30.9 Å². The highest BCUT2D eigenvalue weighted by Crippen LogP contribution is 2.26. The molecule has 3 atom stereocenters. The third-order valence-corrected chi connectivity index (χ3v) is 4.91. The maximum Gasteiger partial charge on any atom is 0.229 e. The molecule has 1 fully saturated rings. The van der Waals surface area contributed by atoms with Crippen LogP contribution in [0.2, 0.25) is 0 Å². The predicted octanol–water partition coefficient (Wildman–Crippen LogP) is 2.45. The summed E-state index contributed by atoms with van der Waals surface area (Å²) < 4.78 is 5.59. The van der Waals surface area contributed by atoms with E-state index in [0.717, 1.165) is 42.4 Å². The second-order valence-corrected chi connectivity index (χ2v) is 6.44. The van der Waals surface area contributed by atoms with E-state index in [1.54, 1.807) is 18.2 Å². The van der Waals surface area contributed by atoms with Crippen molar-refractivity contribution >= 4 is 28.9 Å². The van der Waals surface area contributed by atoms with E-state index in [1.165, 1.54) is 0 Å². The molecule has 0 spiro atoms. The van der Waals surface area contributed by atoms with Gasteiger partial charge in [-0.3, -0.25) is 14.6 Å². The van der Waals surface area contributed by atoms with Crippen molar-refractivity contribution in [1.82, 2.24) is 9.88 Å². The highest BCUT2D eigenvalue weighted by molar-refractivity contribution is 5.95. The predicted molar refractivity (Wildman–Crippen MR) is 96.1 cm³/mol. The molecule has 1 aliphatic rings. The highest BCUT2D eigenvalue weighted by atomic mass is 16.5. The van der Waals surface area contributed by atoms with Crippen molar-refractivity contribution in [2.75, 3.05) is 19.0 Å². The van der Waals surface area contributed by atoms with Crippen LogP contribution in [0.5, 0.6) is 0 Å². The molecule has 1 aromatic carbocycles. The number of methoxy groups -OCH3 is 1. The van der Waals surface area contributed by atoms with Crippen LogP contribution in [0.4, 0.5) is 5.69 Å². The summed E-state index contributed by atoms with van der Waals surface area (Å²) in [6.07, 6.45) is 4.07. The van der Waals surface area contributed by atoms with E-state index < -0.39 is 0 Å². The van der Waals surface area contributed by atoms with Crippen molar-refractivity contribution in [2.24, 2.45) is 5.92 Å². The number of nitrogens with zero attached hydrogens (tertiary/aromatic N) is 2. The summed E-state index contributed by atoms with van der Waals surface area (Å²) in [4.78, 5) is 29.9. The van der Waals surface area contributed by atoms with E-state index in [0.29, 0.717) is 0 Å². The zero-order chi connectivity index (χ0) is 17.8. The van der Waals surface area contributed by atoms with Gasteiger partial charge >= 0.3 is 0 Å². The molecule has 0 radical (unpaired) electrons. The Morgan fingerprint density at radius 2 is 2.28 bits per heavy atom. The number of nitrogens with one attached hydrogen (secondary N) is 1. The zero-order valence-electron chi connectivity index (χ0n) is 14.5. The number of anilines is 1. The van der Waals surface area contributed by atoms with Crippen molar-refractivity contribution in [2.45, 2.75) is 31.9 Å². The molecule has 0 bridgehead atoms. The molecule has 1 aliphatic heterocycles. The van der Waals surface area contributed by atoms with Gasteiger partial charge in [0.1, 0.15) is 0 Å². The van der Waals surface area contributed by atoms with E-state index in [2.05, 4.69) is 10.3 Å². The molecular weight excluding hydrogens is 318 g/mol. The van der Waals surface area contributed by atoms with Crippen LogP contribution in [-0.4, -0.2) is 48.0 Å². The minimum Gasteiger partial charge on any atom is -0.378 e. The molecule has 132 valence electrons. The highest BCUT2D eigenvalue weighted by Gasteiger charge is 2.37. The van der Waals surface area contributed by atoms with Crippen molar-refractivity contribution in [3.63, 3.8) is 0 Å². The lowest BCUT2D eigenvalue weighted by molar-refractivity contribution is -0.129. The maximum atomic E-state index is 12.7. The molecule has 1 saturated heterocycles. The van der Waals surface area contributed by atoms with Crippen molar-refractivity contribution < 1.29 is 14.3 Å². The fourth-order valence-electron chi connectivity index (χ4n) is 3.55. The average Bonchev–Trinajstić information content (AvgIpc) is 3.10. The number of rotatable bonds is 6. The van der Waals surface area contributed by atoms with Crippen molar-refractivity contribution in [3.05, 3.63) is 36.5 Å². The Balaban J connectivity index is 1.72. The lowest BCUT2D eigenvalue weighted by Crippen LogP contribution is -2.46. The lowest BCUT2D eigenvalue weighted by atomic mass is 9.95. The molecular formula is C19H23N3O3. The molecule has 2 amide bonds. The van der Waals surface area contributed by atoms with E-state index in [9.17, 15) is 9.59 Å². The average molecular weight is 341 g/mol. The Kier molecular flexibility index (Phi) is 5.28. The van der Waals surface area contributed by atoms with Crippen LogP contribution in [0, 0.1) is 5.92 Å². The third-order valence-electron chi connectivity index (χ3n) is 4.91. The summed E-state index contributed by atoms with van der Waals surface area (Å²) in [5, 5.41) is 3.92. The summed E-state index contributed by atoms with van der Waals surface area (Å²) in [5.74, 6) is -0.493. The van der Waals surface area contributed by atoms with E-state index in [4.69, 9.17) is 4.74 Å². The zero-order valence-corrected chi connectivity index (χ0v) is 14.5. The maximum absolute atomic E-state index is 12.7. The van der Waals surface area contributed by atoms with Gasteiger partial charge in [0.2, 0.25) is 12.3 Å². The largest absolute Gasteiger partial charge is 0.378 e. The molecule has 3 rings (SSSR count). The van der Waals surface area contributed by atoms with Crippen LogP contribution in [0.25, 0.3) is 10.9 Å². The van der Waals surface area contributed by atoms with Gasteiger partial charge < -0.3 is 15.0 Å². The first kappa shape index (κ1) is 17.4. The van der Waals surface area contributed by atoms with Crippen LogP contribution in [0.3, 0.4) is 0 Å². The number of hydrogen-bond donors (Lipinski definition) is 1. The van der Waals surface area contributed by atoms with Gasteiger partial charge in [-0.1, -0.05) is 13.0 Å². The Hall–Kier alpha value is -2.47. The first-order chi connectivity index (χ1) is 12.1. The number of likely N-dealkylation sites (tertiary alicyclic amines) is 1. The van der Waals surface area contributed by atoms with Gasteiger partial charge in [0.15, 0.2) is 0 Å². The number of benzene rings is 1. The summed E-state index contributed by atoms with van der Waals surface area (Å²) >= 11 is 0. The number of hydrogen-bond acceptors (Lipinski definition) is 4. The SMILES string of the molecule is COC(C(C)C(=O)Nc1ccc2ncccc2c1)C1CCCN1C=O. The Morgan fingerprint density at radius 3 is 3.04 bits per heavy atom. The van der Waals surface area contributed by atoms with Gasteiger partial charge in [-0.05, 0) is 37.1 Å². The smallest absolute Gasteiger partial charge is 0.229 e. The van der Waals surface area contributed by atoms with Gasteiger partial charge in [0.25, 0.3) is 0 Å². The molecule has 1 aromatic heterocycles. The Bertz CT molecular complexity index is 764. The first-order valence-corrected chi connectivity index (χ1v) is 8.53. The van der Waals surface area contributed by atoms with Crippen LogP contribution >= 0.6 is 0 Å². The van der Waals surface area contributed by atoms with E-state index >= 15 is 0 Å². The number of carbonyl (C=O) groups excluding carboxylic acids is 2. The molecule has 1 N–H and O–H groups in total. The Labute approximate surface area is 147 Å². The van der Waals surface area contributed by atoms with Crippen molar-refractivity contribution in [1.29, 1.82) is 0 Å². The molecule has 6 nitrogen and oxygen atoms in total. The van der Waals surface area contributed by atoms with Crippen LogP contribution in [0.1, 0.15) is 19.8 Å². The number of pyridine rings is 1. The minimum absolute atomic E-state index is 0.0518. The minimum atomic E-state index is -0.375. The normalized spacial score (nSPS) is 19.6. The number of aromatic nitrogens is 1. The van der Waals surface area contributed by atoms with Crippen molar-refractivity contribution in [3.8, 4) is 0 Å². The topological polar surface area (TPSA) is 71.5 Å². The molecule has 0 aliphatic carbocycles. The lowest BCUT2D eigenvalue weighted by Gasteiger charge is -2.31. The molecule has 0 saturated carbocycles. The number of carbonyl (C=O) groups is 2. The molecule has 6 heteroatoms. The van der Waals surface area contributed by atoms with Gasteiger partial charge in [-0.25, -0.2) is 0 Å². The second-order valence-electron chi connectivity index (χ2n) is 6.44. The van der Waals surface area contributed by atoms with Gasteiger partial charge in [0.05, 0.1) is 23.6 Å². The van der Waals surface area contributed by atoms with Crippen LogP contribution in [0.15, 0.2) is 36.5 Å².